The topological polar surface area (TPSA) is 72.2 Å². The maximum atomic E-state index is 5.48. The third-order valence-corrected chi connectivity index (χ3v) is 2.19. The van der Waals surface area contributed by atoms with Crippen molar-refractivity contribution in [3.05, 3.63) is 0 Å². The summed E-state index contributed by atoms with van der Waals surface area (Å²) in [5, 5.41) is 0. The number of methoxy groups -OCH3 is 2. The molecule has 0 heterocycles. The molecule has 0 aromatic carbocycles. The van der Waals surface area contributed by atoms with Crippen LogP contribution in [0, 0.1) is 5.92 Å². The zero-order valence-electron chi connectivity index (χ0n) is 11.6. The molecule has 0 bridgehead atoms. The summed E-state index contributed by atoms with van der Waals surface area (Å²) in [5.74, 6) is 0.213. The smallest absolute Gasteiger partial charge is 0.0700 e. The first kappa shape index (κ1) is 17.8. The van der Waals surface area contributed by atoms with Crippen LogP contribution in [-0.4, -0.2) is 73.6 Å². The Kier molecular flexibility index (Phi) is 14.6. The van der Waals surface area contributed by atoms with Crippen molar-refractivity contribution in [2.75, 3.05) is 73.6 Å². The summed E-state index contributed by atoms with van der Waals surface area (Å²) in [6.07, 6.45) is 0. The van der Waals surface area contributed by atoms with Crippen molar-refractivity contribution >= 4 is 0 Å². The third kappa shape index (κ3) is 12.2. The summed E-state index contributed by atoms with van der Waals surface area (Å²) in [7, 11) is 3.30. The molecule has 0 fully saturated rings. The molecular formula is C12H27NO5. The Morgan fingerprint density at radius 3 is 1.56 bits per heavy atom. The molecule has 18 heavy (non-hydrogen) atoms. The van der Waals surface area contributed by atoms with Crippen LogP contribution in [0.25, 0.3) is 0 Å². The van der Waals surface area contributed by atoms with Crippen LogP contribution in [0.1, 0.15) is 0 Å². The van der Waals surface area contributed by atoms with E-state index in [9.17, 15) is 0 Å². The minimum Gasteiger partial charge on any atom is -0.382 e. The van der Waals surface area contributed by atoms with Gasteiger partial charge in [0.2, 0.25) is 0 Å². The SMILES string of the molecule is COCCOCC(COCCN)COCCOC. The molecule has 110 valence electrons. The zero-order valence-corrected chi connectivity index (χ0v) is 11.6. The average Bonchev–Trinajstić information content (AvgIpc) is 2.39. The van der Waals surface area contributed by atoms with Crippen molar-refractivity contribution in [3.8, 4) is 0 Å². The van der Waals surface area contributed by atoms with Gasteiger partial charge in [0.05, 0.1) is 52.9 Å². The van der Waals surface area contributed by atoms with E-state index in [-0.39, 0.29) is 5.92 Å². The van der Waals surface area contributed by atoms with Crippen LogP contribution < -0.4 is 5.73 Å². The molecule has 0 spiro atoms. The predicted molar refractivity (Wildman–Crippen MR) is 68.8 cm³/mol. The Hall–Kier alpha value is -0.240. The molecule has 0 aliphatic heterocycles. The first-order valence-electron chi connectivity index (χ1n) is 6.26. The second-order valence-corrected chi connectivity index (χ2v) is 3.87. The van der Waals surface area contributed by atoms with Gasteiger partial charge in [-0.2, -0.15) is 0 Å². The van der Waals surface area contributed by atoms with E-state index >= 15 is 0 Å². The van der Waals surface area contributed by atoms with Gasteiger partial charge in [0, 0.05) is 26.7 Å². The molecular weight excluding hydrogens is 238 g/mol. The van der Waals surface area contributed by atoms with Gasteiger partial charge in [0.1, 0.15) is 0 Å². The monoisotopic (exact) mass is 265 g/mol. The van der Waals surface area contributed by atoms with Gasteiger partial charge >= 0.3 is 0 Å². The van der Waals surface area contributed by atoms with E-state index in [1.807, 2.05) is 0 Å². The highest BCUT2D eigenvalue weighted by Crippen LogP contribution is 2.00. The highest BCUT2D eigenvalue weighted by atomic mass is 16.5. The van der Waals surface area contributed by atoms with Crippen molar-refractivity contribution in [1.82, 2.24) is 0 Å². The average molecular weight is 265 g/mol. The maximum Gasteiger partial charge on any atom is 0.0700 e. The molecule has 0 aromatic heterocycles. The van der Waals surface area contributed by atoms with Crippen LogP contribution >= 0.6 is 0 Å². The van der Waals surface area contributed by atoms with Crippen LogP contribution in [0.15, 0.2) is 0 Å². The molecule has 0 aliphatic rings. The quantitative estimate of drug-likeness (QED) is 0.442. The fourth-order valence-corrected chi connectivity index (χ4v) is 1.26. The predicted octanol–water partition coefficient (Wildman–Crippen LogP) is -0.0961. The Morgan fingerprint density at radius 2 is 1.17 bits per heavy atom. The van der Waals surface area contributed by atoms with Gasteiger partial charge in [-0.3, -0.25) is 0 Å². The normalized spacial score (nSPS) is 11.3. The van der Waals surface area contributed by atoms with Gasteiger partial charge in [-0.25, -0.2) is 0 Å². The number of nitrogens with two attached hydrogens (primary N) is 1. The first-order valence-corrected chi connectivity index (χ1v) is 6.26. The molecule has 0 amide bonds. The molecule has 6 heteroatoms. The minimum atomic E-state index is 0.213. The largest absolute Gasteiger partial charge is 0.382 e. The van der Waals surface area contributed by atoms with E-state index in [0.717, 1.165) is 0 Å². The molecule has 0 unspecified atom stereocenters. The second-order valence-electron chi connectivity index (χ2n) is 3.87. The lowest BCUT2D eigenvalue weighted by molar-refractivity contribution is -0.0220. The van der Waals surface area contributed by atoms with Gasteiger partial charge < -0.3 is 29.4 Å². The van der Waals surface area contributed by atoms with Gasteiger partial charge in [-0.15, -0.1) is 0 Å². The van der Waals surface area contributed by atoms with E-state index in [0.29, 0.717) is 59.4 Å². The van der Waals surface area contributed by atoms with Crippen LogP contribution in [0.2, 0.25) is 0 Å². The molecule has 0 saturated carbocycles. The molecule has 0 rings (SSSR count). The molecule has 0 aromatic rings. The third-order valence-electron chi connectivity index (χ3n) is 2.19. The summed E-state index contributed by atoms with van der Waals surface area (Å²) >= 11 is 0. The maximum absolute atomic E-state index is 5.48. The lowest BCUT2D eigenvalue weighted by Gasteiger charge is -2.17. The van der Waals surface area contributed by atoms with Crippen LogP contribution in [-0.2, 0) is 23.7 Å². The van der Waals surface area contributed by atoms with Crippen molar-refractivity contribution in [2.45, 2.75) is 0 Å². The highest BCUT2D eigenvalue weighted by molar-refractivity contribution is 4.56. The minimum absolute atomic E-state index is 0.213. The Bertz CT molecular complexity index is 147. The molecule has 2 N–H and O–H groups in total. The van der Waals surface area contributed by atoms with E-state index in [4.69, 9.17) is 29.4 Å². The Morgan fingerprint density at radius 1 is 0.722 bits per heavy atom. The van der Waals surface area contributed by atoms with Crippen molar-refractivity contribution in [1.29, 1.82) is 0 Å². The van der Waals surface area contributed by atoms with Gasteiger partial charge in [-0.05, 0) is 0 Å². The van der Waals surface area contributed by atoms with Crippen LogP contribution in [0.3, 0.4) is 0 Å². The summed E-state index contributed by atoms with van der Waals surface area (Å²) in [6, 6.07) is 0. The fourth-order valence-electron chi connectivity index (χ4n) is 1.26. The summed E-state index contributed by atoms with van der Waals surface area (Å²) in [4.78, 5) is 0. The zero-order chi connectivity index (χ0) is 13.5. The number of ether oxygens (including phenoxy) is 5. The van der Waals surface area contributed by atoms with Crippen molar-refractivity contribution in [3.63, 3.8) is 0 Å². The van der Waals surface area contributed by atoms with Gasteiger partial charge in [0.15, 0.2) is 0 Å². The van der Waals surface area contributed by atoms with Crippen molar-refractivity contribution < 1.29 is 23.7 Å². The Balaban J connectivity index is 3.62. The number of hydrogen-bond donors (Lipinski definition) is 1. The van der Waals surface area contributed by atoms with Gasteiger partial charge in [0.25, 0.3) is 0 Å². The Labute approximate surface area is 110 Å². The summed E-state index contributed by atoms with van der Waals surface area (Å²) < 4.78 is 26.2. The van der Waals surface area contributed by atoms with Gasteiger partial charge in [-0.1, -0.05) is 0 Å². The first-order chi connectivity index (χ1) is 8.85. The fraction of sp³-hybridized carbons (Fsp3) is 1.00. The summed E-state index contributed by atoms with van der Waals surface area (Å²) in [5.41, 5.74) is 5.37. The van der Waals surface area contributed by atoms with Crippen molar-refractivity contribution in [2.24, 2.45) is 11.7 Å². The molecule has 0 atom stereocenters. The highest BCUT2D eigenvalue weighted by Gasteiger charge is 2.09. The number of hydrogen-bond acceptors (Lipinski definition) is 6. The second kappa shape index (κ2) is 14.8. The molecule has 0 saturated heterocycles. The number of rotatable bonds is 14. The summed E-state index contributed by atoms with van der Waals surface area (Å²) in [6.45, 7) is 5.25. The lowest BCUT2D eigenvalue weighted by atomic mass is 10.2. The molecule has 0 aliphatic carbocycles. The van der Waals surface area contributed by atoms with E-state index in [1.54, 1.807) is 14.2 Å². The van der Waals surface area contributed by atoms with E-state index in [1.165, 1.54) is 0 Å². The standard InChI is InChI=1S/C12H27NO5/c1-14-5-7-17-10-12(9-16-4-3-13)11-18-8-6-15-2/h12H,3-11,13H2,1-2H3. The van der Waals surface area contributed by atoms with E-state index in [2.05, 4.69) is 0 Å². The molecule has 6 nitrogen and oxygen atoms in total. The lowest BCUT2D eigenvalue weighted by Crippen LogP contribution is -2.25. The van der Waals surface area contributed by atoms with Crippen LogP contribution in [0.4, 0.5) is 0 Å². The van der Waals surface area contributed by atoms with Crippen LogP contribution in [0.5, 0.6) is 0 Å². The molecule has 0 radical (unpaired) electrons. The van der Waals surface area contributed by atoms with E-state index < -0.39 is 0 Å².